The first-order chi connectivity index (χ1) is 17.6. The van der Waals surface area contributed by atoms with Gasteiger partial charge in [-0.15, -0.1) is 6.58 Å². The highest BCUT2D eigenvalue weighted by atomic mass is 19.1. The smallest absolute Gasteiger partial charge is 0.292 e. The van der Waals surface area contributed by atoms with Crippen molar-refractivity contribution in [3.63, 3.8) is 0 Å². The van der Waals surface area contributed by atoms with Crippen LogP contribution in [0.25, 0.3) is 0 Å². The molecule has 2 unspecified atom stereocenters. The Hall–Kier alpha value is -2.87. The summed E-state index contributed by atoms with van der Waals surface area (Å²) in [5.41, 5.74) is 1.96. The number of carbonyl (C=O) groups is 2. The monoisotopic (exact) mass is 518 g/mol. The first-order valence-electron chi connectivity index (χ1n) is 12.7. The van der Waals surface area contributed by atoms with Crippen LogP contribution in [0, 0.1) is 5.82 Å². The highest BCUT2D eigenvalue weighted by Crippen LogP contribution is 2.36. The molecule has 0 bridgehead atoms. The normalized spacial score (nSPS) is 18.5. The predicted molar refractivity (Wildman–Crippen MR) is 151 cm³/mol. The summed E-state index contributed by atoms with van der Waals surface area (Å²) >= 11 is 0. The molecule has 0 radical (unpaired) electrons. The minimum Gasteiger partial charge on any atom is -0.471 e. The fraction of sp³-hybridized carbons (Fsp3) is 0.467. The van der Waals surface area contributed by atoms with Crippen molar-refractivity contribution in [2.45, 2.75) is 78.8 Å². The Labute approximate surface area is 224 Å². The van der Waals surface area contributed by atoms with E-state index in [0.29, 0.717) is 17.6 Å². The van der Waals surface area contributed by atoms with Crippen LogP contribution in [0.3, 0.4) is 0 Å². The number of Topliss-reactive ketones (excluding diaryl/α,β-unsaturated/α-hetero) is 1. The molecule has 37 heavy (non-hydrogen) atoms. The summed E-state index contributed by atoms with van der Waals surface area (Å²) in [5, 5.41) is 6.72. The van der Waals surface area contributed by atoms with Gasteiger partial charge in [0.1, 0.15) is 5.82 Å². The summed E-state index contributed by atoms with van der Waals surface area (Å²) < 4.78 is 24.3. The van der Waals surface area contributed by atoms with E-state index in [4.69, 9.17) is 9.53 Å². The van der Waals surface area contributed by atoms with Gasteiger partial charge in [0.25, 0.3) is 6.47 Å². The highest BCUT2D eigenvalue weighted by Gasteiger charge is 2.37. The third-order valence-corrected chi connectivity index (χ3v) is 5.59. The van der Waals surface area contributed by atoms with Gasteiger partial charge < -0.3 is 9.47 Å². The zero-order chi connectivity index (χ0) is 28.4. The Morgan fingerprint density at radius 2 is 1.86 bits per heavy atom. The fourth-order valence-electron chi connectivity index (χ4n) is 3.91. The number of hydrogen-bond donors (Lipinski definition) is 2. The number of halogens is 1. The Bertz CT molecular complexity index is 955. The Balaban J connectivity index is 0. The summed E-state index contributed by atoms with van der Waals surface area (Å²) in [7, 11) is 1.31. The van der Waals surface area contributed by atoms with E-state index in [1.807, 2.05) is 52.0 Å². The van der Waals surface area contributed by atoms with Crippen molar-refractivity contribution in [3.8, 4) is 0 Å². The number of nitrogens with one attached hydrogen (secondary N) is 2. The summed E-state index contributed by atoms with van der Waals surface area (Å²) in [5.74, 6) is -0.0326. The summed E-state index contributed by atoms with van der Waals surface area (Å²) in [6, 6.07) is 14.4. The van der Waals surface area contributed by atoms with E-state index in [-0.39, 0.29) is 25.0 Å². The number of carbonyl (C=O) groups excluding carboxylic acids is 2. The van der Waals surface area contributed by atoms with E-state index in [1.165, 1.54) is 13.2 Å². The van der Waals surface area contributed by atoms with E-state index in [2.05, 4.69) is 41.9 Å². The van der Waals surface area contributed by atoms with Crippen LogP contribution in [0.15, 0.2) is 61.2 Å². The van der Waals surface area contributed by atoms with Gasteiger partial charge >= 0.3 is 0 Å². The molecule has 1 saturated heterocycles. The quantitative estimate of drug-likeness (QED) is 0.249. The second-order valence-electron chi connectivity index (χ2n) is 8.73. The van der Waals surface area contributed by atoms with Crippen molar-refractivity contribution in [2.24, 2.45) is 0 Å². The second kappa shape index (κ2) is 18.4. The second-order valence-corrected chi connectivity index (χ2v) is 8.73. The van der Waals surface area contributed by atoms with Gasteiger partial charge in [-0.2, -0.15) is 0 Å². The number of methoxy groups -OCH3 is 1. The molecule has 3 rings (SSSR count). The fourth-order valence-corrected chi connectivity index (χ4v) is 3.91. The average molecular weight is 519 g/mol. The standard InChI is InChI=1S/C23H29FN2O2.C3H6.C2H4O2.C2H6.H2/c1-15(19-10-5-6-11-21(19)24)26-22-25-13-12-20(23(3,4)28-22)18-9-7-8-17(14-18)16(2)27;1-3-2;1-4-2-3;1-2;/h5-11,14-15,20,22,25-26H,12-13H2,1-4H3;3H,1H2,2H3;2H,1H3;1-2H3;1H/t15-,20?,22?;;;;/m0..../s1. The lowest BCUT2D eigenvalue weighted by atomic mass is 9.81. The van der Waals surface area contributed by atoms with E-state index in [1.54, 1.807) is 25.1 Å². The predicted octanol–water partition coefficient (Wildman–Crippen LogP) is 6.79. The van der Waals surface area contributed by atoms with Gasteiger partial charge in [-0.3, -0.25) is 20.2 Å². The average Bonchev–Trinajstić information content (AvgIpc) is 3.03. The molecule has 208 valence electrons. The van der Waals surface area contributed by atoms with E-state index in [9.17, 15) is 9.18 Å². The Morgan fingerprint density at radius 1 is 1.27 bits per heavy atom. The van der Waals surface area contributed by atoms with Crippen molar-refractivity contribution in [1.29, 1.82) is 0 Å². The summed E-state index contributed by atoms with van der Waals surface area (Å²) in [4.78, 5) is 20.7. The molecule has 7 heteroatoms. The molecule has 6 nitrogen and oxygen atoms in total. The molecule has 0 aromatic heterocycles. The molecular formula is C30H47FN2O4. The first kappa shape index (κ1) is 34.1. The molecule has 0 aliphatic carbocycles. The number of ketones is 1. The molecule has 0 saturated carbocycles. The molecule has 2 N–H and O–H groups in total. The van der Waals surface area contributed by atoms with Crippen LogP contribution in [-0.2, 0) is 14.3 Å². The van der Waals surface area contributed by atoms with Crippen molar-refractivity contribution in [3.05, 3.63) is 83.7 Å². The van der Waals surface area contributed by atoms with Crippen LogP contribution in [0.2, 0.25) is 0 Å². The maximum absolute atomic E-state index is 14.1. The zero-order valence-corrected chi connectivity index (χ0v) is 23.6. The molecule has 1 heterocycles. The largest absolute Gasteiger partial charge is 0.471 e. The van der Waals surface area contributed by atoms with Crippen molar-refractivity contribution >= 4 is 12.3 Å². The molecular weight excluding hydrogens is 471 g/mol. The SMILES string of the molecule is C=CC.CC.CC(=O)c1cccc(C2CCNC(N[C@@H](C)c3ccccc3F)OC2(C)C)c1.COC=O.[HH]. The van der Waals surface area contributed by atoms with Gasteiger partial charge in [0.15, 0.2) is 12.1 Å². The molecule has 3 atom stereocenters. The van der Waals surface area contributed by atoms with E-state index >= 15 is 0 Å². The first-order valence-corrected chi connectivity index (χ1v) is 12.7. The minimum absolute atomic E-state index is 0. The summed E-state index contributed by atoms with van der Waals surface area (Å²) in [6.45, 7) is 18.0. The topological polar surface area (TPSA) is 76.7 Å². The highest BCUT2D eigenvalue weighted by molar-refractivity contribution is 5.94. The maximum Gasteiger partial charge on any atom is 0.292 e. The Kier molecular flexibility index (Phi) is 17.0. The minimum atomic E-state index is -0.467. The lowest BCUT2D eigenvalue weighted by Crippen LogP contribution is -2.48. The van der Waals surface area contributed by atoms with Crippen LogP contribution in [0.1, 0.15) is 89.8 Å². The molecule has 1 fully saturated rings. The number of ether oxygens (including phenoxy) is 2. The molecule has 0 spiro atoms. The maximum atomic E-state index is 14.1. The molecule has 0 amide bonds. The van der Waals surface area contributed by atoms with Crippen LogP contribution in [0.5, 0.6) is 0 Å². The van der Waals surface area contributed by atoms with Crippen molar-refractivity contribution < 1.29 is 24.9 Å². The van der Waals surface area contributed by atoms with Gasteiger partial charge in [-0.1, -0.05) is 56.3 Å². The van der Waals surface area contributed by atoms with Gasteiger partial charge in [-0.25, -0.2) is 4.39 Å². The molecule has 2 aromatic carbocycles. The van der Waals surface area contributed by atoms with Gasteiger partial charge in [-0.05, 0) is 65.3 Å². The number of rotatable bonds is 6. The third kappa shape index (κ3) is 11.8. The number of allylic oxidation sites excluding steroid dienone is 1. The van der Waals surface area contributed by atoms with Crippen LogP contribution < -0.4 is 10.6 Å². The van der Waals surface area contributed by atoms with Crippen LogP contribution >= 0.6 is 0 Å². The number of benzene rings is 2. The lowest BCUT2D eigenvalue weighted by molar-refractivity contribution is -0.126. The molecule has 1 aliphatic rings. The summed E-state index contributed by atoms with van der Waals surface area (Å²) in [6.07, 6.45) is 2.23. The van der Waals surface area contributed by atoms with Gasteiger partial charge in [0, 0.05) is 24.5 Å². The molecule has 2 aromatic rings. The molecule has 1 aliphatic heterocycles. The van der Waals surface area contributed by atoms with Crippen LogP contribution in [0.4, 0.5) is 4.39 Å². The zero-order valence-electron chi connectivity index (χ0n) is 23.6. The van der Waals surface area contributed by atoms with E-state index < -0.39 is 12.0 Å². The third-order valence-electron chi connectivity index (χ3n) is 5.59. The van der Waals surface area contributed by atoms with E-state index in [0.717, 1.165) is 18.5 Å². The lowest BCUT2D eigenvalue weighted by Gasteiger charge is -2.36. The van der Waals surface area contributed by atoms with Gasteiger partial charge in [0.2, 0.25) is 0 Å². The van der Waals surface area contributed by atoms with Gasteiger partial charge in [0.05, 0.1) is 12.7 Å². The Morgan fingerprint density at radius 3 is 2.41 bits per heavy atom. The van der Waals surface area contributed by atoms with Crippen molar-refractivity contribution in [2.75, 3.05) is 13.7 Å². The van der Waals surface area contributed by atoms with Crippen molar-refractivity contribution in [1.82, 2.24) is 10.6 Å². The number of hydrogen-bond acceptors (Lipinski definition) is 6. The van der Waals surface area contributed by atoms with Crippen LogP contribution in [-0.4, -0.2) is 37.9 Å².